The van der Waals surface area contributed by atoms with Crippen LogP contribution in [0.5, 0.6) is 0 Å². The molecule has 8 heteroatoms. The molecule has 1 aliphatic carbocycles. The number of alkyl halides is 3. The Labute approximate surface area is 124 Å². The highest BCUT2D eigenvalue weighted by atomic mass is 19.4. The topological polar surface area (TPSA) is 60.3 Å². The molecule has 1 amide bonds. The van der Waals surface area contributed by atoms with E-state index >= 15 is 0 Å². The zero-order valence-corrected chi connectivity index (χ0v) is 11.9. The molecule has 1 N–H and O–H groups in total. The summed E-state index contributed by atoms with van der Waals surface area (Å²) in [5.41, 5.74) is -1.87. The van der Waals surface area contributed by atoms with Gasteiger partial charge < -0.3 is 14.6 Å². The summed E-state index contributed by atoms with van der Waals surface area (Å²) in [6.45, 7) is 2.33. The van der Waals surface area contributed by atoms with Gasteiger partial charge in [0.05, 0.1) is 18.8 Å². The Morgan fingerprint density at radius 1 is 1.41 bits per heavy atom. The Hall–Kier alpha value is -1.83. The Balaban J connectivity index is 1.97. The first kappa shape index (κ1) is 15.1. The van der Waals surface area contributed by atoms with Gasteiger partial charge in [-0.05, 0) is 18.9 Å². The van der Waals surface area contributed by atoms with E-state index in [4.69, 9.17) is 4.74 Å². The highest BCUT2D eigenvalue weighted by Crippen LogP contribution is 2.52. The van der Waals surface area contributed by atoms with Crippen LogP contribution < -0.4 is 10.9 Å². The zero-order valence-electron chi connectivity index (χ0n) is 11.9. The number of rotatable bonds is 2. The van der Waals surface area contributed by atoms with Gasteiger partial charge in [-0.1, -0.05) is 0 Å². The molecule has 1 aromatic rings. The fourth-order valence-electron chi connectivity index (χ4n) is 3.07. The molecule has 120 valence electrons. The molecule has 1 aromatic heterocycles. The van der Waals surface area contributed by atoms with Crippen LogP contribution in [-0.2, 0) is 15.7 Å². The predicted octanol–water partition coefficient (Wildman–Crippen LogP) is 2.18. The van der Waals surface area contributed by atoms with Gasteiger partial charge in [0.2, 0.25) is 5.91 Å². The SMILES string of the molecule is CC(=O)Nc1cc(C(F)(F)F)cn(C2CC3(COC3)C2)c1=O. The van der Waals surface area contributed by atoms with Crippen LogP contribution in [0, 0.1) is 5.41 Å². The minimum atomic E-state index is -4.58. The summed E-state index contributed by atoms with van der Waals surface area (Å²) in [5, 5.41) is 2.18. The van der Waals surface area contributed by atoms with E-state index in [-0.39, 0.29) is 17.1 Å². The number of halogens is 3. The fourth-order valence-corrected chi connectivity index (χ4v) is 3.07. The summed E-state index contributed by atoms with van der Waals surface area (Å²) >= 11 is 0. The van der Waals surface area contributed by atoms with Crippen molar-refractivity contribution in [3.63, 3.8) is 0 Å². The fraction of sp³-hybridized carbons (Fsp3) is 0.571. The van der Waals surface area contributed by atoms with E-state index in [1.807, 2.05) is 0 Å². The van der Waals surface area contributed by atoms with Gasteiger partial charge in [0.1, 0.15) is 5.69 Å². The first-order valence-electron chi connectivity index (χ1n) is 6.89. The molecule has 0 aromatic carbocycles. The second-order valence-corrected chi connectivity index (χ2v) is 6.09. The van der Waals surface area contributed by atoms with Crippen molar-refractivity contribution in [3.05, 3.63) is 28.2 Å². The number of hydrogen-bond acceptors (Lipinski definition) is 3. The van der Waals surface area contributed by atoms with Crippen LogP contribution in [0.3, 0.4) is 0 Å². The summed E-state index contributed by atoms with van der Waals surface area (Å²) in [7, 11) is 0. The Morgan fingerprint density at radius 3 is 2.50 bits per heavy atom. The first-order chi connectivity index (χ1) is 10.2. The van der Waals surface area contributed by atoms with Crippen molar-refractivity contribution in [2.24, 2.45) is 5.41 Å². The van der Waals surface area contributed by atoms with Crippen molar-refractivity contribution < 1.29 is 22.7 Å². The average molecular weight is 316 g/mol. The maximum absolute atomic E-state index is 13.0. The quantitative estimate of drug-likeness (QED) is 0.910. The Kier molecular flexibility index (Phi) is 3.32. The number of aromatic nitrogens is 1. The standard InChI is InChI=1S/C14H15F3N2O3/c1-8(20)18-11-2-9(14(15,16)17)5-19(12(11)21)10-3-13(4-10)6-22-7-13/h2,5,10H,3-4,6-7H2,1H3,(H,18,20). The molecule has 1 spiro atoms. The molecule has 1 aliphatic heterocycles. The van der Waals surface area contributed by atoms with Crippen molar-refractivity contribution in [1.82, 2.24) is 4.57 Å². The minimum Gasteiger partial charge on any atom is -0.380 e. The number of nitrogens with zero attached hydrogens (tertiary/aromatic N) is 1. The second-order valence-electron chi connectivity index (χ2n) is 6.09. The van der Waals surface area contributed by atoms with E-state index in [0.717, 1.165) is 17.7 Å². The van der Waals surface area contributed by atoms with Gasteiger partial charge in [0.25, 0.3) is 5.56 Å². The molecule has 2 fully saturated rings. The van der Waals surface area contributed by atoms with E-state index < -0.39 is 23.2 Å². The number of anilines is 1. The summed E-state index contributed by atoms with van der Waals surface area (Å²) < 4.78 is 45.2. The molecule has 2 heterocycles. The molecular weight excluding hydrogens is 301 g/mol. The molecule has 5 nitrogen and oxygen atoms in total. The van der Waals surface area contributed by atoms with Crippen LogP contribution in [0.4, 0.5) is 18.9 Å². The molecular formula is C14H15F3N2O3. The van der Waals surface area contributed by atoms with Gasteiger partial charge in [0.15, 0.2) is 0 Å². The Morgan fingerprint density at radius 2 is 2.05 bits per heavy atom. The lowest BCUT2D eigenvalue weighted by molar-refractivity contribution is -0.175. The van der Waals surface area contributed by atoms with E-state index in [1.54, 1.807) is 0 Å². The van der Waals surface area contributed by atoms with Crippen molar-refractivity contribution in [2.75, 3.05) is 18.5 Å². The number of pyridine rings is 1. The predicted molar refractivity (Wildman–Crippen MR) is 71.5 cm³/mol. The summed E-state index contributed by atoms with van der Waals surface area (Å²) in [4.78, 5) is 23.4. The van der Waals surface area contributed by atoms with Crippen LogP contribution in [0.15, 0.2) is 17.1 Å². The smallest absolute Gasteiger partial charge is 0.380 e. The normalized spacial score (nSPS) is 20.4. The summed E-state index contributed by atoms with van der Waals surface area (Å²) in [6, 6.07) is 0.396. The van der Waals surface area contributed by atoms with Crippen molar-refractivity contribution in [3.8, 4) is 0 Å². The molecule has 0 radical (unpaired) electrons. The number of ether oxygens (including phenoxy) is 1. The molecule has 1 saturated heterocycles. The van der Waals surface area contributed by atoms with Crippen molar-refractivity contribution >= 4 is 11.6 Å². The largest absolute Gasteiger partial charge is 0.417 e. The third kappa shape index (κ3) is 2.51. The first-order valence-corrected chi connectivity index (χ1v) is 6.89. The highest BCUT2D eigenvalue weighted by Gasteiger charge is 2.51. The number of amides is 1. The Bertz CT molecular complexity index is 669. The summed E-state index contributed by atoms with van der Waals surface area (Å²) in [6.07, 6.45) is -2.50. The van der Waals surface area contributed by atoms with Gasteiger partial charge in [-0.3, -0.25) is 9.59 Å². The molecule has 22 heavy (non-hydrogen) atoms. The second kappa shape index (κ2) is 4.84. The summed E-state index contributed by atoms with van der Waals surface area (Å²) in [5.74, 6) is -0.583. The lowest BCUT2D eigenvalue weighted by atomic mass is 9.64. The number of carbonyl (C=O) groups excluding carboxylic acids is 1. The van der Waals surface area contributed by atoms with E-state index in [9.17, 15) is 22.8 Å². The van der Waals surface area contributed by atoms with Crippen molar-refractivity contribution in [1.29, 1.82) is 0 Å². The van der Waals surface area contributed by atoms with Gasteiger partial charge in [-0.25, -0.2) is 0 Å². The lowest BCUT2D eigenvalue weighted by Crippen LogP contribution is -2.54. The van der Waals surface area contributed by atoms with Crippen LogP contribution in [0.25, 0.3) is 0 Å². The maximum Gasteiger partial charge on any atom is 0.417 e. The number of nitrogens with one attached hydrogen (secondary N) is 1. The maximum atomic E-state index is 13.0. The third-order valence-electron chi connectivity index (χ3n) is 4.23. The van der Waals surface area contributed by atoms with Crippen LogP contribution in [0.1, 0.15) is 31.4 Å². The molecule has 2 aliphatic rings. The average Bonchev–Trinajstić information content (AvgIpc) is 2.27. The third-order valence-corrected chi connectivity index (χ3v) is 4.23. The molecule has 0 unspecified atom stereocenters. The monoisotopic (exact) mass is 316 g/mol. The van der Waals surface area contributed by atoms with Crippen LogP contribution in [0.2, 0.25) is 0 Å². The van der Waals surface area contributed by atoms with Gasteiger partial charge >= 0.3 is 6.18 Å². The van der Waals surface area contributed by atoms with Crippen LogP contribution in [-0.4, -0.2) is 23.7 Å². The number of carbonyl (C=O) groups is 1. The van der Waals surface area contributed by atoms with E-state index in [0.29, 0.717) is 32.1 Å². The van der Waals surface area contributed by atoms with Crippen molar-refractivity contribution in [2.45, 2.75) is 32.0 Å². The van der Waals surface area contributed by atoms with Gasteiger partial charge in [-0.2, -0.15) is 13.2 Å². The van der Waals surface area contributed by atoms with E-state index in [2.05, 4.69) is 5.32 Å². The number of hydrogen-bond donors (Lipinski definition) is 1. The van der Waals surface area contributed by atoms with Gasteiger partial charge in [-0.15, -0.1) is 0 Å². The molecule has 0 atom stereocenters. The lowest BCUT2D eigenvalue weighted by Gasteiger charge is -2.53. The van der Waals surface area contributed by atoms with Crippen LogP contribution >= 0.6 is 0 Å². The minimum absolute atomic E-state index is 0.0203. The highest BCUT2D eigenvalue weighted by molar-refractivity contribution is 5.88. The van der Waals surface area contributed by atoms with E-state index in [1.165, 1.54) is 0 Å². The van der Waals surface area contributed by atoms with Gasteiger partial charge in [0, 0.05) is 24.6 Å². The molecule has 0 bridgehead atoms. The molecule has 3 rings (SSSR count). The molecule has 1 saturated carbocycles. The zero-order chi connectivity index (χ0) is 16.1.